The molecule has 6 heteroatoms. The van der Waals surface area contributed by atoms with Crippen molar-refractivity contribution in [2.75, 3.05) is 5.32 Å². The van der Waals surface area contributed by atoms with Gasteiger partial charge >= 0.3 is 0 Å². The number of carbonyl (C=O) groups is 2. The minimum absolute atomic E-state index is 0.267. The van der Waals surface area contributed by atoms with Crippen molar-refractivity contribution in [1.82, 2.24) is 10.3 Å². The first kappa shape index (κ1) is 17.0. The summed E-state index contributed by atoms with van der Waals surface area (Å²) >= 11 is 6.13. The zero-order valence-corrected chi connectivity index (χ0v) is 13.8. The van der Waals surface area contributed by atoms with Crippen LogP contribution in [0, 0.1) is 13.8 Å². The molecule has 23 heavy (non-hydrogen) atoms. The first-order valence-electron chi connectivity index (χ1n) is 7.19. The van der Waals surface area contributed by atoms with Crippen LogP contribution in [0.3, 0.4) is 0 Å². The molecular weight excluding hydrogens is 314 g/mol. The van der Waals surface area contributed by atoms with Gasteiger partial charge in [0.1, 0.15) is 6.42 Å². The molecule has 2 N–H and O–H groups in total. The highest BCUT2D eigenvalue weighted by Gasteiger charge is 2.13. The molecule has 1 heterocycles. The Labute approximate surface area is 140 Å². The summed E-state index contributed by atoms with van der Waals surface area (Å²) in [5.41, 5.74) is 3.15. The Balaban J connectivity index is 1.88. The number of amides is 2. The number of nitrogens with zero attached hydrogens (tertiary/aromatic N) is 1. The van der Waals surface area contributed by atoms with Gasteiger partial charge in [0.05, 0.1) is 22.9 Å². The van der Waals surface area contributed by atoms with E-state index in [0.717, 1.165) is 16.8 Å². The van der Waals surface area contributed by atoms with E-state index in [9.17, 15) is 9.59 Å². The largest absolute Gasteiger partial charge is 0.350 e. The lowest BCUT2D eigenvalue weighted by atomic mass is 10.1. The molecule has 0 fully saturated rings. The van der Waals surface area contributed by atoms with E-state index in [1.165, 1.54) is 0 Å². The van der Waals surface area contributed by atoms with Gasteiger partial charge < -0.3 is 10.6 Å². The van der Waals surface area contributed by atoms with Gasteiger partial charge in [-0.15, -0.1) is 0 Å². The average Bonchev–Trinajstić information content (AvgIpc) is 2.50. The third kappa shape index (κ3) is 5.07. The minimum Gasteiger partial charge on any atom is -0.350 e. The molecule has 1 aromatic heterocycles. The van der Waals surface area contributed by atoms with Gasteiger partial charge in [0.25, 0.3) is 0 Å². The van der Waals surface area contributed by atoms with E-state index in [1.807, 2.05) is 26.0 Å². The minimum atomic E-state index is -0.405. The number of halogens is 1. The number of hydrogen-bond acceptors (Lipinski definition) is 3. The third-order valence-corrected chi connectivity index (χ3v) is 3.51. The maximum absolute atomic E-state index is 12.0. The first-order valence-corrected chi connectivity index (χ1v) is 7.56. The zero-order chi connectivity index (χ0) is 16.8. The summed E-state index contributed by atoms with van der Waals surface area (Å²) in [6, 6.07) is 9.12. The highest BCUT2D eigenvalue weighted by atomic mass is 35.5. The molecule has 0 aliphatic heterocycles. The van der Waals surface area contributed by atoms with Crippen LogP contribution in [0.4, 0.5) is 5.69 Å². The van der Waals surface area contributed by atoms with Crippen LogP contribution in [0.5, 0.6) is 0 Å². The van der Waals surface area contributed by atoms with Crippen molar-refractivity contribution in [3.05, 3.63) is 58.4 Å². The fourth-order valence-electron chi connectivity index (χ4n) is 2.16. The lowest BCUT2D eigenvalue weighted by Gasteiger charge is -2.11. The molecule has 0 saturated carbocycles. The third-order valence-electron chi connectivity index (χ3n) is 3.21. The molecule has 5 nitrogen and oxygen atoms in total. The van der Waals surface area contributed by atoms with Crippen molar-refractivity contribution in [2.24, 2.45) is 0 Å². The van der Waals surface area contributed by atoms with Crippen LogP contribution in [0.2, 0.25) is 5.02 Å². The second kappa shape index (κ2) is 7.74. The number of aromatic nitrogens is 1. The van der Waals surface area contributed by atoms with Crippen molar-refractivity contribution < 1.29 is 9.59 Å². The second-order valence-electron chi connectivity index (χ2n) is 5.26. The zero-order valence-electron chi connectivity index (χ0n) is 13.0. The van der Waals surface area contributed by atoms with Gasteiger partial charge in [0.2, 0.25) is 11.8 Å². The predicted octanol–water partition coefficient (Wildman–Crippen LogP) is 3.00. The molecular formula is C17H18ClN3O2. The number of aryl methyl sites for hydroxylation is 2. The highest BCUT2D eigenvalue weighted by molar-refractivity contribution is 6.34. The first-order chi connectivity index (χ1) is 11.0. The Bertz CT molecular complexity index is 694. The maximum atomic E-state index is 12.0. The van der Waals surface area contributed by atoms with E-state index in [2.05, 4.69) is 15.6 Å². The van der Waals surface area contributed by atoms with E-state index >= 15 is 0 Å². The van der Waals surface area contributed by atoms with Crippen LogP contribution in [0.15, 0.2) is 36.5 Å². The van der Waals surface area contributed by atoms with Crippen LogP contribution in [-0.4, -0.2) is 16.8 Å². The van der Waals surface area contributed by atoms with E-state index in [4.69, 9.17) is 11.6 Å². The van der Waals surface area contributed by atoms with E-state index in [1.54, 1.807) is 24.4 Å². The summed E-state index contributed by atoms with van der Waals surface area (Å²) in [6.45, 7) is 4.07. The fourth-order valence-corrected chi connectivity index (χ4v) is 2.53. The molecule has 2 rings (SSSR count). The number of anilines is 1. The van der Waals surface area contributed by atoms with Crippen LogP contribution in [0.25, 0.3) is 0 Å². The molecule has 0 radical (unpaired) electrons. The summed E-state index contributed by atoms with van der Waals surface area (Å²) in [5, 5.41) is 5.81. The quantitative estimate of drug-likeness (QED) is 0.827. The van der Waals surface area contributed by atoms with Crippen molar-refractivity contribution in [1.29, 1.82) is 0 Å². The number of benzene rings is 1. The van der Waals surface area contributed by atoms with Crippen LogP contribution in [0.1, 0.15) is 23.2 Å². The van der Waals surface area contributed by atoms with E-state index in [-0.39, 0.29) is 18.9 Å². The summed E-state index contributed by atoms with van der Waals surface area (Å²) in [6.07, 6.45) is 1.38. The highest BCUT2D eigenvalue weighted by Crippen LogP contribution is 2.27. The van der Waals surface area contributed by atoms with Gasteiger partial charge in [-0.3, -0.25) is 14.6 Å². The van der Waals surface area contributed by atoms with Crippen molar-refractivity contribution in [2.45, 2.75) is 26.8 Å². The second-order valence-corrected chi connectivity index (χ2v) is 5.67. The van der Waals surface area contributed by atoms with Gasteiger partial charge in [-0.05, 0) is 43.2 Å². The standard InChI is InChI=1S/C17H18ClN3O2/c1-11-7-12(2)17(14(18)8-11)21-16(23)9-15(22)20-10-13-5-3-4-6-19-13/h3-8H,9-10H2,1-2H3,(H,20,22)(H,21,23). The summed E-state index contributed by atoms with van der Waals surface area (Å²) in [4.78, 5) is 27.9. The van der Waals surface area contributed by atoms with Crippen molar-refractivity contribution in [3.8, 4) is 0 Å². The SMILES string of the molecule is Cc1cc(C)c(NC(=O)CC(=O)NCc2ccccn2)c(Cl)c1. The number of hydrogen-bond donors (Lipinski definition) is 2. The van der Waals surface area contributed by atoms with Gasteiger partial charge in [0, 0.05) is 6.20 Å². The molecule has 0 aliphatic rings. The Morgan fingerprint density at radius 1 is 1.17 bits per heavy atom. The topological polar surface area (TPSA) is 71.1 Å². The molecule has 120 valence electrons. The molecule has 0 aliphatic carbocycles. The number of carbonyl (C=O) groups excluding carboxylic acids is 2. The smallest absolute Gasteiger partial charge is 0.233 e. The molecule has 0 saturated heterocycles. The lowest BCUT2D eigenvalue weighted by Crippen LogP contribution is -2.28. The van der Waals surface area contributed by atoms with Crippen LogP contribution in [-0.2, 0) is 16.1 Å². The van der Waals surface area contributed by atoms with Gasteiger partial charge in [-0.2, -0.15) is 0 Å². The number of rotatable bonds is 5. The Morgan fingerprint density at radius 2 is 1.96 bits per heavy atom. The van der Waals surface area contributed by atoms with Gasteiger partial charge in [0.15, 0.2) is 0 Å². The monoisotopic (exact) mass is 331 g/mol. The molecule has 0 unspecified atom stereocenters. The molecule has 2 aromatic rings. The number of pyridine rings is 1. The maximum Gasteiger partial charge on any atom is 0.233 e. The Kier molecular flexibility index (Phi) is 5.71. The van der Waals surface area contributed by atoms with Crippen LogP contribution >= 0.6 is 11.6 Å². The molecule has 0 spiro atoms. The molecule has 1 aromatic carbocycles. The molecule has 2 amide bonds. The Hall–Kier alpha value is -2.40. The average molecular weight is 332 g/mol. The van der Waals surface area contributed by atoms with E-state index in [0.29, 0.717) is 10.7 Å². The summed E-state index contributed by atoms with van der Waals surface area (Å²) in [5.74, 6) is -0.772. The number of nitrogens with one attached hydrogen (secondary N) is 2. The van der Waals surface area contributed by atoms with Gasteiger partial charge in [-0.25, -0.2) is 0 Å². The predicted molar refractivity (Wildman–Crippen MR) is 90.3 cm³/mol. The Morgan fingerprint density at radius 3 is 2.61 bits per heavy atom. The normalized spacial score (nSPS) is 10.2. The summed E-state index contributed by atoms with van der Waals surface area (Å²) in [7, 11) is 0. The molecule has 0 bridgehead atoms. The molecule has 0 atom stereocenters. The lowest BCUT2D eigenvalue weighted by molar-refractivity contribution is -0.126. The summed E-state index contributed by atoms with van der Waals surface area (Å²) < 4.78 is 0. The van der Waals surface area contributed by atoms with Crippen molar-refractivity contribution in [3.63, 3.8) is 0 Å². The fraction of sp³-hybridized carbons (Fsp3) is 0.235. The van der Waals surface area contributed by atoms with Gasteiger partial charge in [-0.1, -0.05) is 23.7 Å². The van der Waals surface area contributed by atoms with Crippen molar-refractivity contribution >= 4 is 29.1 Å². The van der Waals surface area contributed by atoms with Crippen LogP contribution < -0.4 is 10.6 Å². The van der Waals surface area contributed by atoms with E-state index < -0.39 is 5.91 Å².